The minimum absolute atomic E-state index is 0.0456. The second kappa shape index (κ2) is 13.6. The number of benzene rings is 2. The van der Waals surface area contributed by atoms with Crippen molar-refractivity contribution in [3.8, 4) is 5.75 Å². The van der Waals surface area contributed by atoms with Crippen LogP contribution in [-0.2, 0) is 27.2 Å². The molecule has 2 aliphatic rings. The number of rotatable bonds is 8. The molecule has 0 unspecified atom stereocenters. The van der Waals surface area contributed by atoms with Crippen molar-refractivity contribution >= 4 is 23.7 Å². The number of amides is 1. The largest absolute Gasteiger partial charge is 0.485 e. The van der Waals surface area contributed by atoms with Gasteiger partial charge < -0.3 is 19.5 Å². The Balaban J connectivity index is 1.46. The second-order valence-corrected chi connectivity index (χ2v) is 12.7. The molecule has 1 N–H and O–H groups in total. The van der Waals surface area contributed by atoms with Crippen molar-refractivity contribution in [2.45, 2.75) is 89.5 Å². The zero-order valence-electron chi connectivity index (χ0n) is 25.0. The summed E-state index contributed by atoms with van der Waals surface area (Å²) >= 11 is 6.29. The smallest absolute Gasteiger partial charge is 0.411 e. The Bertz CT molecular complexity index is 1280. The Labute approximate surface area is 251 Å². The average molecular weight is 607 g/mol. The summed E-state index contributed by atoms with van der Waals surface area (Å²) in [5.74, 6) is -2.56. The van der Waals surface area contributed by atoms with E-state index in [0.717, 1.165) is 32.2 Å². The van der Waals surface area contributed by atoms with Crippen molar-refractivity contribution < 1.29 is 32.6 Å². The number of esters is 1. The molecule has 1 aliphatic heterocycles. The summed E-state index contributed by atoms with van der Waals surface area (Å²) in [6.45, 7) is 5.91. The standard InChI is InChI=1S/C32H41ClF2N2O5/c1-32(2,3)42-31(39)37-18-23(16-25(37)30(38)40-5)41-26-15-22(27(33)29(35)28(26)34)14-19-10-12-20(13-11-19)24-9-7-6-8-21(24)17-36-4/h6-9,15,19-20,23,25,36H,10-14,16-18H2,1-5H3/t19?,20?,23-,25-/m0/s1. The molecule has 2 aromatic carbocycles. The molecule has 0 radical (unpaired) electrons. The number of likely N-dealkylation sites (tertiary alicyclic amines) is 1. The van der Waals surface area contributed by atoms with Gasteiger partial charge in [-0.05, 0) is 94.5 Å². The van der Waals surface area contributed by atoms with E-state index in [2.05, 4.69) is 29.6 Å². The van der Waals surface area contributed by atoms with E-state index in [-0.39, 0.29) is 29.7 Å². The van der Waals surface area contributed by atoms with Crippen molar-refractivity contribution in [3.05, 3.63) is 63.7 Å². The topological polar surface area (TPSA) is 77.1 Å². The molecule has 0 aromatic heterocycles. The van der Waals surface area contributed by atoms with E-state index in [0.29, 0.717) is 17.9 Å². The lowest BCUT2D eigenvalue weighted by atomic mass is 9.75. The van der Waals surface area contributed by atoms with Gasteiger partial charge in [0.15, 0.2) is 11.6 Å². The molecule has 2 aromatic rings. The number of halogens is 3. The fourth-order valence-electron chi connectivity index (χ4n) is 6.08. The third-order valence-corrected chi connectivity index (χ3v) is 8.47. The Morgan fingerprint density at radius 2 is 1.76 bits per heavy atom. The quantitative estimate of drug-likeness (QED) is 0.264. The van der Waals surface area contributed by atoms with Gasteiger partial charge in [-0.15, -0.1) is 0 Å². The summed E-state index contributed by atoms with van der Waals surface area (Å²) in [5, 5.41) is 3.00. The van der Waals surface area contributed by atoms with Crippen LogP contribution in [0.5, 0.6) is 5.75 Å². The monoisotopic (exact) mass is 606 g/mol. The lowest BCUT2D eigenvalue weighted by Gasteiger charge is -2.30. The summed E-state index contributed by atoms with van der Waals surface area (Å²) in [5.41, 5.74) is 2.37. The van der Waals surface area contributed by atoms with Crippen molar-refractivity contribution in [2.75, 3.05) is 20.7 Å². The SMILES string of the molecule is CNCc1ccccc1C1CCC(Cc2cc(O[C@H]3C[C@@H](C(=O)OC)N(C(=O)OC(C)(C)C)C3)c(F)c(F)c2Cl)CC1. The molecule has 1 saturated carbocycles. The maximum Gasteiger partial charge on any atom is 0.411 e. The first-order chi connectivity index (χ1) is 19.9. The van der Waals surface area contributed by atoms with E-state index >= 15 is 4.39 Å². The van der Waals surface area contributed by atoms with E-state index < -0.39 is 41.4 Å². The first-order valence-electron chi connectivity index (χ1n) is 14.5. The molecule has 2 fully saturated rings. The number of carbonyl (C=O) groups excluding carboxylic acids is 2. The number of ether oxygens (including phenoxy) is 3. The number of carbonyl (C=O) groups is 2. The van der Waals surface area contributed by atoms with Crippen LogP contribution < -0.4 is 10.1 Å². The van der Waals surface area contributed by atoms with Crippen LogP contribution >= 0.6 is 11.6 Å². The second-order valence-electron chi connectivity index (χ2n) is 12.3. The van der Waals surface area contributed by atoms with Crippen LogP contribution in [0.25, 0.3) is 0 Å². The predicted octanol–water partition coefficient (Wildman–Crippen LogP) is 6.78. The Morgan fingerprint density at radius 1 is 1.07 bits per heavy atom. The van der Waals surface area contributed by atoms with Gasteiger partial charge in [0.25, 0.3) is 0 Å². The highest BCUT2D eigenvalue weighted by Gasteiger charge is 2.43. The first-order valence-corrected chi connectivity index (χ1v) is 14.9. The van der Waals surface area contributed by atoms with Crippen LogP contribution in [0.4, 0.5) is 13.6 Å². The zero-order chi connectivity index (χ0) is 30.6. The summed E-state index contributed by atoms with van der Waals surface area (Å²) < 4.78 is 46.2. The van der Waals surface area contributed by atoms with Crippen LogP contribution in [0.1, 0.15) is 75.5 Å². The highest BCUT2D eigenvalue weighted by molar-refractivity contribution is 6.31. The molecule has 1 saturated heterocycles. The normalized spacial score (nSPS) is 22.6. The zero-order valence-corrected chi connectivity index (χ0v) is 25.7. The molecule has 7 nitrogen and oxygen atoms in total. The Morgan fingerprint density at radius 3 is 2.40 bits per heavy atom. The summed E-state index contributed by atoms with van der Waals surface area (Å²) in [6.07, 6.45) is 2.95. The van der Waals surface area contributed by atoms with Crippen molar-refractivity contribution in [2.24, 2.45) is 5.92 Å². The minimum atomic E-state index is -1.20. The average Bonchev–Trinajstić information content (AvgIpc) is 3.38. The molecule has 1 heterocycles. The number of hydrogen-bond donors (Lipinski definition) is 1. The van der Waals surface area contributed by atoms with Crippen LogP contribution in [0, 0.1) is 17.6 Å². The van der Waals surface area contributed by atoms with Crippen LogP contribution in [0.3, 0.4) is 0 Å². The maximum atomic E-state index is 15.0. The first kappa shape index (κ1) is 32.0. The Hall–Kier alpha value is -2.91. The van der Waals surface area contributed by atoms with Gasteiger partial charge in [0, 0.05) is 13.0 Å². The van der Waals surface area contributed by atoms with E-state index in [9.17, 15) is 14.0 Å². The van der Waals surface area contributed by atoms with Gasteiger partial charge in [-0.1, -0.05) is 35.9 Å². The molecule has 230 valence electrons. The highest BCUT2D eigenvalue weighted by atomic mass is 35.5. The third kappa shape index (κ3) is 7.53. The van der Waals surface area contributed by atoms with Crippen molar-refractivity contribution in [1.29, 1.82) is 0 Å². The molecule has 2 atom stereocenters. The van der Waals surface area contributed by atoms with E-state index in [1.54, 1.807) is 20.8 Å². The van der Waals surface area contributed by atoms with Gasteiger partial charge >= 0.3 is 12.1 Å². The lowest BCUT2D eigenvalue weighted by molar-refractivity contribution is -0.145. The summed E-state index contributed by atoms with van der Waals surface area (Å²) in [6, 6.07) is 8.98. The number of nitrogens with one attached hydrogen (secondary N) is 1. The molecular weight excluding hydrogens is 566 g/mol. The fraction of sp³-hybridized carbons (Fsp3) is 0.562. The third-order valence-electron chi connectivity index (χ3n) is 8.06. The van der Waals surface area contributed by atoms with Crippen LogP contribution in [-0.4, -0.2) is 55.4 Å². The van der Waals surface area contributed by atoms with Crippen LogP contribution in [0.2, 0.25) is 5.02 Å². The molecule has 10 heteroatoms. The molecule has 1 aliphatic carbocycles. The van der Waals surface area contributed by atoms with Gasteiger partial charge in [-0.25, -0.2) is 14.0 Å². The maximum absolute atomic E-state index is 15.0. The fourth-order valence-corrected chi connectivity index (χ4v) is 6.30. The number of nitrogens with zero attached hydrogens (tertiary/aromatic N) is 1. The van der Waals surface area contributed by atoms with Crippen molar-refractivity contribution in [1.82, 2.24) is 10.2 Å². The highest BCUT2D eigenvalue weighted by Crippen LogP contribution is 2.40. The number of methoxy groups -OCH3 is 1. The predicted molar refractivity (Wildman–Crippen MR) is 157 cm³/mol. The van der Waals surface area contributed by atoms with Gasteiger partial charge in [0.1, 0.15) is 17.7 Å². The minimum Gasteiger partial charge on any atom is -0.485 e. The molecule has 42 heavy (non-hydrogen) atoms. The molecule has 4 rings (SSSR count). The molecule has 0 bridgehead atoms. The molecule has 0 spiro atoms. The van der Waals surface area contributed by atoms with Gasteiger partial charge in [0.05, 0.1) is 18.7 Å². The summed E-state index contributed by atoms with van der Waals surface area (Å²) in [7, 11) is 3.16. The Kier molecular flexibility index (Phi) is 10.4. The van der Waals surface area contributed by atoms with Gasteiger partial charge in [-0.3, -0.25) is 4.90 Å². The van der Waals surface area contributed by atoms with E-state index in [1.165, 1.54) is 29.2 Å². The van der Waals surface area contributed by atoms with E-state index in [1.807, 2.05) is 7.05 Å². The van der Waals surface area contributed by atoms with E-state index in [4.69, 9.17) is 25.8 Å². The van der Waals surface area contributed by atoms with Crippen LogP contribution in [0.15, 0.2) is 30.3 Å². The summed E-state index contributed by atoms with van der Waals surface area (Å²) in [4.78, 5) is 26.4. The molecular formula is C32H41ClF2N2O5. The van der Waals surface area contributed by atoms with Gasteiger partial charge in [-0.2, -0.15) is 4.39 Å². The van der Waals surface area contributed by atoms with Gasteiger partial charge in [0.2, 0.25) is 5.82 Å². The van der Waals surface area contributed by atoms with Crippen molar-refractivity contribution in [3.63, 3.8) is 0 Å². The lowest BCUT2D eigenvalue weighted by Crippen LogP contribution is -2.44. The number of hydrogen-bond acceptors (Lipinski definition) is 6. The molecule has 1 amide bonds.